The Kier molecular flexibility index (Phi) is 5.17. The minimum atomic E-state index is -3.06. The van der Waals surface area contributed by atoms with E-state index in [-0.39, 0.29) is 11.7 Å². The van der Waals surface area contributed by atoms with Crippen LogP contribution < -0.4 is 5.73 Å². The van der Waals surface area contributed by atoms with Crippen molar-refractivity contribution in [2.24, 2.45) is 0 Å². The monoisotopic (exact) mass is 436 g/mol. The number of nitrogens with zero attached hydrogens (tertiary/aromatic N) is 3. The van der Waals surface area contributed by atoms with E-state index in [0.29, 0.717) is 40.5 Å². The van der Waals surface area contributed by atoms with E-state index in [1.54, 1.807) is 0 Å². The quantitative estimate of drug-likeness (QED) is 0.608. The average molecular weight is 437 g/mol. The van der Waals surface area contributed by atoms with Crippen molar-refractivity contribution < 1.29 is 13.2 Å². The number of sulfone groups is 1. The van der Waals surface area contributed by atoms with E-state index in [1.165, 1.54) is 18.0 Å². The molecule has 1 aliphatic heterocycles. The summed E-state index contributed by atoms with van der Waals surface area (Å²) in [5.74, 6) is 0.790. The fourth-order valence-corrected chi connectivity index (χ4v) is 5.53. The van der Waals surface area contributed by atoms with E-state index in [4.69, 9.17) is 22.1 Å². The Morgan fingerprint density at radius 1 is 1.21 bits per heavy atom. The van der Waals surface area contributed by atoms with Crippen LogP contribution in [0.3, 0.4) is 0 Å². The SMILES string of the molecule is CS(=O)(=O)CCSc1nc(N)nc(-c2c(Cl)cc3c4c(cccc24)COC3)n1. The van der Waals surface area contributed by atoms with Crippen LogP contribution in [0.1, 0.15) is 11.1 Å². The first kappa shape index (κ1) is 19.4. The maximum atomic E-state index is 11.3. The molecule has 3 aromatic rings. The zero-order valence-electron chi connectivity index (χ0n) is 15.0. The first-order valence-electron chi connectivity index (χ1n) is 8.45. The molecule has 0 fully saturated rings. The van der Waals surface area contributed by atoms with Gasteiger partial charge in [0.15, 0.2) is 11.0 Å². The van der Waals surface area contributed by atoms with Crippen LogP contribution in [0.15, 0.2) is 29.4 Å². The number of hydrogen-bond donors (Lipinski definition) is 1. The van der Waals surface area contributed by atoms with Gasteiger partial charge >= 0.3 is 0 Å². The lowest BCUT2D eigenvalue weighted by Gasteiger charge is -2.20. The van der Waals surface area contributed by atoms with Gasteiger partial charge in [-0.3, -0.25) is 0 Å². The lowest BCUT2D eigenvalue weighted by molar-refractivity contribution is 0.103. The molecule has 1 aromatic heterocycles. The second-order valence-corrected chi connectivity index (χ2v) is 10.2. The van der Waals surface area contributed by atoms with Gasteiger partial charge in [0.2, 0.25) is 5.95 Å². The Morgan fingerprint density at radius 2 is 2.00 bits per heavy atom. The first-order valence-corrected chi connectivity index (χ1v) is 11.9. The number of benzene rings is 2. The third-order valence-corrected chi connectivity index (χ3v) is 6.69. The number of aromatic nitrogens is 3. The second-order valence-electron chi connectivity index (χ2n) is 6.50. The molecule has 28 heavy (non-hydrogen) atoms. The molecule has 0 unspecified atom stereocenters. The lowest BCUT2D eigenvalue weighted by atomic mass is 9.94. The van der Waals surface area contributed by atoms with Crippen molar-refractivity contribution in [3.63, 3.8) is 0 Å². The molecular formula is C18H17ClN4O3S2. The molecule has 0 atom stereocenters. The van der Waals surface area contributed by atoms with Crippen molar-refractivity contribution in [3.8, 4) is 11.4 Å². The summed E-state index contributed by atoms with van der Waals surface area (Å²) in [5.41, 5.74) is 8.68. The Bertz CT molecular complexity index is 1190. The summed E-state index contributed by atoms with van der Waals surface area (Å²) in [5, 5.41) is 2.90. The normalized spacial score (nSPS) is 13.8. The molecule has 2 N–H and O–H groups in total. The molecule has 2 aromatic carbocycles. The van der Waals surface area contributed by atoms with E-state index in [1.807, 2.05) is 24.3 Å². The zero-order valence-corrected chi connectivity index (χ0v) is 17.4. The van der Waals surface area contributed by atoms with Gasteiger partial charge in [0, 0.05) is 17.6 Å². The highest BCUT2D eigenvalue weighted by Gasteiger charge is 2.21. The Labute approximate surface area is 171 Å². The number of anilines is 1. The van der Waals surface area contributed by atoms with Crippen molar-refractivity contribution in [3.05, 3.63) is 40.4 Å². The van der Waals surface area contributed by atoms with Crippen LogP contribution in [0.5, 0.6) is 0 Å². The van der Waals surface area contributed by atoms with Gasteiger partial charge in [-0.25, -0.2) is 13.4 Å². The number of thioether (sulfide) groups is 1. The van der Waals surface area contributed by atoms with E-state index < -0.39 is 9.84 Å². The maximum absolute atomic E-state index is 11.3. The molecule has 7 nitrogen and oxygen atoms in total. The molecule has 0 spiro atoms. The minimum Gasteiger partial charge on any atom is -0.372 e. The Hall–Kier alpha value is -1.94. The van der Waals surface area contributed by atoms with Gasteiger partial charge < -0.3 is 10.5 Å². The van der Waals surface area contributed by atoms with Crippen molar-refractivity contribution in [2.75, 3.05) is 23.5 Å². The molecule has 0 aliphatic carbocycles. The number of rotatable bonds is 5. The van der Waals surface area contributed by atoms with Crippen molar-refractivity contribution in [2.45, 2.75) is 18.4 Å². The van der Waals surface area contributed by atoms with Gasteiger partial charge in [0.1, 0.15) is 9.84 Å². The van der Waals surface area contributed by atoms with Crippen LogP contribution in [0.4, 0.5) is 5.95 Å². The molecule has 0 bridgehead atoms. The number of ether oxygens (including phenoxy) is 1. The van der Waals surface area contributed by atoms with Crippen molar-refractivity contribution in [1.82, 2.24) is 15.0 Å². The van der Waals surface area contributed by atoms with Gasteiger partial charge in [-0.1, -0.05) is 41.6 Å². The topological polar surface area (TPSA) is 108 Å². The van der Waals surface area contributed by atoms with Crippen LogP contribution >= 0.6 is 23.4 Å². The highest BCUT2D eigenvalue weighted by atomic mass is 35.5. The maximum Gasteiger partial charge on any atom is 0.224 e. The Morgan fingerprint density at radius 3 is 2.79 bits per heavy atom. The van der Waals surface area contributed by atoms with E-state index in [9.17, 15) is 8.42 Å². The summed E-state index contributed by atoms with van der Waals surface area (Å²) in [6.45, 7) is 1.04. The second kappa shape index (κ2) is 7.47. The summed E-state index contributed by atoms with van der Waals surface area (Å²) in [4.78, 5) is 12.9. The minimum absolute atomic E-state index is 0.0281. The predicted octanol–water partition coefficient (Wildman–Crippen LogP) is 3.09. The fraction of sp³-hybridized carbons (Fsp3) is 0.278. The van der Waals surface area contributed by atoms with E-state index in [2.05, 4.69) is 15.0 Å². The van der Waals surface area contributed by atoms with Gasteiger partial charge in [-0.05, 0) is 28.0 Å². The molecular weight excluding hydrogens is 420 g/mol. The fourth-order valence-electron chi connectivity index (χ4n) is 3.18. The largest absolute Gasteiger partial charge is 0.372 e. The molecule has 146 valence electrons. The highest BCUT2D eigenvalue weighted by Crippen LogP contribution is 2.39. The summed E-state index contributed by atoms with van der Waals surface area (Å²) >= 11 is 7.80. The summed E-state index contributed by atoms with van der Waals surface area (Å²) in [6, 6.07) is 7.82. The molecule has 0 saturated carbocycles. The molecule has 10 heteroatoms. The molecule has 0 amide bonds. The van der Waals surface area contributed by atoms with Gasteiger partial charge in [0.25, 0.3) is 0 Å². The summed E-state index contributed by atoms with van der Waals surface area (Å²) in [6.07, 6.45) is 1.19. The molecule has 2 heterocycles. The molecule has 0 radical (unpaired) electrons. The lowest BCUT2D eigenvalue weighted by Crippen LogP contribution is -2.08. The van der Waals surface area contributed by atoms with Gasteiger partial charge in [-0.2, -0.15) is 9.97 Å². The molecule has 1 aliphatic rings. The van der Waals surface area contributed by atoms with Crippen LogP contribution in [-0.2, 0) is 27.8 Å². The van der Waals surface area contributed by atoms with E-state index in [0.717, 1.165) is 21.9 Å². The smallest absolute Gasteiger partial charge is 0.224 e. The molecule has 0 saturated heterocycles. The number of nitrogen functional groups attached to an aromatic ring is 1. The first-order chi connectivity index (χ1) is 13.3. The van der Waals surface area contributed by atoms with Crippen molar-refractivity contribution in [1.29, 1.82) is 0 Å². The van der Waals surface area contributed by atoms with Gasteiger partial charge in [0.05, 0.1) is 24.0 Å². The van der Waals surface area contributed by atoms with Crippen LogP contribution in [-0.4, -0.2) is 41.1 Å². The van der Waals surface area contributed by atoms with Crippen LogP contribution in [0, 0.1) is 0 Å². The van der Waals surface area contributed by atoms with E-state index >= 15 is 0 Å². The predicted molar refractivity (Wildman–Crippen MR) is 111 cm³/mol. The molecule has 4 rings (SSSR count). The van der Waals surface area contributed by atoms with Crippen LogP contribution in [0.2, 0.25) is 5.02 Å². The number of halogens is 1. The average Bonchev–Trinajstić information content (AvgIpc) is 2.60. The summed E-state index contributed by atoms with van der Waals surface area (Å²) < 4.78 is 28.3. The Balaban J connectivity index is 1.81. The zero-order chi connectivity index (χ0) is 19.9. The standard InChI is InChI=1S/C18H17ClN4O3S2/c1-28(24,25)6-5-27-18-22-16(21-17(20)23-18)15-12-4-2-3-10-8-26-9-11(14(10)12)7-13(15)19/h2-4,7H,5-6,8-9H2,1H3,(H2,20,21,22,23). The summed E-state index contributed by atoms with van der Waals surface area (Å²) in [7, 11) is -3.06. The number of hydrogen-bond acceptors (Lipinski definition) is 8. The third-order valence-electron chi connectivity index (χ3n) is 4.34. The van der Waals surface area contributed by atoms with Crippen molar-refractivity contribution >= 4 is 49.9 Å². The highest BCUT2D eigenvalue weighted by molar-refractivity contribution is 8.00. The van der Waals surface area contributed by atoms with Gasteiger partial charge in [-0.15, -0.1) is 0 Å². The number of nitrogens with two attached hydrogens (primary N) is 1. The third kappa shape index (κ3) is 3.93. The van der Waals surface area contributed by atoms with Crippen LogP contribution in [0.25, 0.3) is 22.2 Å².